The lowest BCUT2D eigenvalue weighted by atomic mass is 10.1. The van der Waals surface area contributed by atoms with Gasteiger partial charge in [0.15, 0.2) is 0 Å². The predicted molar refractivity (Wildman–Crippen MR) is 67.4 cm³/mol. The van der Waals surface area contributed by atoms with E-state index in [9.17, 15) is 0 Å². The van der Waals surface area contributed by atoms with E-state index in [1.54, 1.807) is 12.4 Å². The fraction of sp³-hybridized carbons (Fsp3) is 0.143. The van der Waals surface area contributed by atoms with Crippen LogP contribution in [0.25, 0.3) is 0 Å². The molecule has 0 aliphatic rings. The maximum absolute atomic E-state index is 4.41. The number of pyridine rings is 1. The Kier molecular flexibility index (Phi) is 3.10. The van der Waals surface area contributed by atoms with Gasteiger partial charge < -0.3 is 0 Å². The molecule has 0 radical (unpaired) electrons. The molecule has 80 valence electrons. The van der Waals surface area contributed by atoms with Crippen LogP contribution >= 0.6 is 0 Å². The minimum Gasteiger partial charge on any atom is -0.255 e. The van der Waals surface area contributed by atoms with Crippen molar-refractivity contribution in [2.75, 3.05) is 0 Å². The van der Waals surface area contributed by atoms with Crippen molar-refractivity contribution in [3.8, 4) is 0 Å². The Morgan fingerprint density at radius 3 is 2.44 bits per heavy atom. The van der Waals surface area contributed by atoms with Crippen LogP contribution in [0.5, 0.6) is 0 Å². The molecule has 0 atom stereocenters. The number of aromatic nitrogens is 1. The lowest BCUT2D eigenvalue weighted by Crippen LogP contribution is -1.84. The van der Waals surface area contributed by atoms with Gasteiger partial charge in [0, 0.05) is 6.20 Å². The molecule has 0 amide bonds. The average molecular weight is 210 g/mol. The highest BCUT2D eigenvalue weighted by Gasteiger charge is 1.93. The number of benzene rings is 1. The summed E-state index contributed by atoms with van der Waals surface area (Å²) in [5.74, 6) is 0. The fourth-order valence-electron chi connectivity index (χ4n) is 1.62. The van der Waals surface area contributed by atoms with Crippen molar-refractivity contribution < 1.29 is 0 Å². The summed E-state index contributed by atoms with van der Waals surface area (Å²) in [5, 5.41) is 0. The summed E-state index contributed by atoms with van der Waals surface area (Å²) < 4.78 is 0. The summed E-state index contributed by atoms with van der Waals surface area (Å²) in [5.41, 5.74) is 4.31. The van der Waals surface area contributed by atoms with E-state index in [0.717, 1.165) is 11.4 Å². The summed E-state index contributed by atoms with van der Waals surface area (Å²) in [6.07, 6.45) is 3.55. The first-order valence-electron chi connectivity index (χ1n) is 5.27. The molecule has 0 saturated heterocycles. The van der Waals surface area contributed by atoms with Gasteiger partial charge in [0.25, 0.3) is 0 Å². The second kappa shape index (κ2) is 4.71. The highest BCUT2D eigenvalue weighted by Crippen LogP contribution is 2.16. The third-order valence-corrected chi connectivity index (χ3v) is 2.24. The molecule has 2 nitrogen and oxygen atoms in total. The zero-order valence-corrected chi connectivity index (χ0v) is 9.51. The highest BCUT2D eigenvalue weighted by molar-refractivity contribution is 5.79. The van der Waals surface area contributed by atoms with Crippen molar-refractivity contribution in [2.24, 2.45) is 4.99 Å². The fourth-order valence-corrected chi connectivity index (χ4v) is 1.62. The molecule has 16 heavy (non-hydrogen) atoms. The topological polar surface area (TPSA) is 25.2 Å². The van der Waals surface area contributed by atoms with Gasteiger partial charge >= 0.3 is 0 Å². The number of aryl methyl sites for hydroxylation is 2. The van der Waals surface area contributed by atoms with Gasteiger partial charge in [-0.25, -0.2) is 0 Å². The molecule has 0 spiro atoms. The first kappa shape index (κ1) is 10.6. The van der Waals surface area contributed by atoms with Gasteiger partial charge in [0.2, 0.25) is 0 Å². The molecule has 1 heterocycles. The first-order chi connectivity index (χ1) is 7.74. The lowest BCUT2D eigenvalue weighted by molar-refractivity contribution is 1.30. The largest absolute Gasteiger partial charge is 0.255 e. The van der Waals surface area contributed by atoms with Gasteiger partial charge in [-0.05, 0) is 49.2 Å². The van der Waals surface area contributed by atoms with Crippen LogP contribution in [0.4, 0.5) is 5.69 Å². The van der Waals surface area contributed by atoms with Crippen LogP contribution in [-0.2, 0) is 0 Å². The maximum Gasteiger partial charge on any atom is 0.0812 e. The van der Waals surface area contributed by atoms with Gasteiger partial charge in [0.1, 0.15) is 0 Å². The molecular weight excluding hydrogens is 196 g/mol. The van der Waals surface area contributed by atoms with Gasteiger partial charge in [-0.15, -0.1) is 0 Å². The van der Waals surface area contributed by atoms with Crippen molar-refractivity contribution in [1.29, 1.82) is 0 Å². The number of hydrogen-bond donors (Lipinski definition) is 0. The van der Waals surface area contributed by atoms with Crippen LogP contribution in [-0.4, -0.2) is 11.2 Å². The van der Waals surface area contributed by atoms with Crippen LogP contribution in [0.3, 0.4) is 0 Å². The molecule has 1 aromatic carbocycles. The monoisotopic (exact) mass is 210 g/mol. The molecule has 1 aromatic heterocycles. The Labute approximate surface area is 95.7 Å². The van der Waals surface area contributed by atoms with Crippen molar-refractivity contribution in [3.63, 3.8) is 0 Å². The third-order valence-electron chi connectivity index (χ3n) is 2.24. The standard InChI is InChI=1S/C14H14N2/c1-11-7-12(2)9-14(8-11)16-10-13-5-3-4-6-15-13/h3-10H,1-2H3/b16-10+. The van der Waals surface area contributed by atoms with Gasteiger partial charge in [-0.2, -0.15) is 0 Å². The Morgan fingerprint density at radius 2 is 1.81 bits per heavy atom. The van der Waals surface area contributed by atoms with E-state index in [-0.39, 0.29) is 0 Å². The maximum atomic E-state index is 4.41. The second-order valence-corrected chi connectivity index (χ2v) is 3.86. The van der Waals surface area contributed by atoms with Crippen molar-refractivity contribution in [1.82, 2.24) is 4.98 Å². The smallest absolute Gasteiger partial charge is 0.0812 e. The number of hydrogen-bond acceptors (Lipinski definition) is 2. The Morgan fingerprint density at radius 1 is 1.06 bits per heavy atom. The number of nitrogens with zero attached hydrogens (tertiary/aromatic N) is 2. The zero-order valence-electron chi connectivity index (χ0n) is 9.51. The molecule has 0 aliphatic heterocycles. The van der Waals surface area contributed by atoms with Crippen molar-refractivity contribution in [2.45, 2.75) is 13.8 Å². The van der Waals surface area contributed by atoms with E-state index in [1.807, 2.05) is 18.2 Å². The van der Waals surface area contributed by atoms with Gasteiger partial charge in [-0.3, -0.25) is 9.98 Å². The van der Waals surface area contributed by atoms with E-state index in [0.29, 0.717) is 0 Å². The minimum absolute atomic E-state index is 0.877. The summed E-state index contributed by atoms with van der Waals surface area (Å²) >= 11 is 0. The molecule has 0 N–H and O–H groups in total. The van der Waals surface area contributed by atoms with Crippen LogP contribution in [0.1, 0.15) is 16.8 Å². The Bertz CT molecular complexity index is 481. The molecule has 0 fully saturated rings. The molecule has 2 aromatic rings. The van der Waals surface area contributed by atoms with Crippen molar-refractivity contribution in [3.05, 3.63) is 59.4 Å². The third kappa shape index (κ3) is 2.76. The van der Waals surface area contributed by atoms with E-state index in [4.69, 9.17) is 0 Å². The lowest BCUT2D eigenvalue weighted by Gasteiger charge is -1.99. The van der Waals surface area contributed by atoms with Crippen molar-refractivity contribution >= 4 is 11.9 Å². The van der Waals surface area contributed by atoms with E-state index in [1.165, 1.54) is 11.1 Å². The van der Waals surface area contributed by atoms with Gasteiger partial charge in [-0.1, -0.05) is 12.1 Å². The quantitative estimate of drug-likeness (QED) is 0.697. The Balaban J connectivity index is 2.24. The van der Waals surface area contributed by atoms with Crippen LogP contribution < -0.4 is 0 Å². The molecule has 2 rings (SSSR count). The van der Waals surface area contributed by atoms with Gasteiger partial charge in [0.05, 0.1) is 17.6 Å². The molecule has 0 unspecified atom stereocenters. The normalized spacial score (nSPS) is 10.9. The zero-order chi connectivity index (χ0) is 11.4. The number of aliphatic imine (C=N–C) groups is 1. The summed E-state index contributed by atoms with van der Waals surface area (Å²) in [6, 6.07) is 12.1. The highest BCUT2D eigenvalue weighted by atomic mass is 14.8. The SMILES string of the molecule is Cc1cc(C)cc(/N=C/c2ccccn2)c1. The molecular formula is C14H14N2. The molecule has 0 bridgehead atoms. The molecule has 0 aliphatic carbocycles. The first-order valence-corrected chi connectivity index (χ1v) is 5.27. The van der Waals surface area contributed by atoms with Crippen LogP contribution in [0.15, 0.2) is 47.6 Å². The minimum atomic E-state index is 0.877. The summed E-state index contributed by atoms with van der Waals surface area (Å²) in [7, 11) is 0. The molecule has 0 saturated carbocycles. The second-order valence-electron chi connectivity index (χ2n) is 3.86. The van der Waals surface area contributed by atoms with E-state index in [2.05, 4.69) is 42.0 Å². The van der Waals surface area contributed by atoms with Crippen LogP contribution in [0.2, 0.25) is 0 Å². The summed E-state index contributed by atoms with van der Waals surface area (Å²) in [6.45, 7) is 4.15. The molecule has 2 heteroatoms. The van der Waals surface area contributed by atoms with E-state index >= 15 is 0 Å². The summed E-state index contributed by atoms with van der Waals surface area (Å²) in [4.78, 5) is 8.60. The van der Waals surface area contributed by atoms with E-state index < -0.39 is 0 Å². The number of rotatable bonds is 2. The Hall–Kier alpha value is -1.96. The van der Waals surface area contributed by atoms with Crippen LogP contribution in [0, 0.1) is 13.8 Å². The average Bonchev–Trinajstić information content (AvgIpc) is 2.27. The predicted octanol–water partition coefficient (Wildman–Crippen LogP) is 3.45.